The fraction of sp³-hybridized carbons (Fsp3) is 0.500. The molecule has 0 aromatic carbocycles. The lowest BCUT2D eigenvalue weighted by Crippen LogP contribution is -3.00. The topological polar surface area (TPSA) is 23.8 Å². The Balaban J connectivity index is 0. The SMILES string of the molecule is CC#N.[Cl-]. The first-order valence-electron chi connectivity index (χ1n) is 0.724. The summed E-state index contributed by atoms with van der Waals surface area (Å²) in [5, 5.41) is 7.32. The summed E-state index contributed by atoms with van der Waals surface area (Å²) >= 11 is 0. The van der Waals surface area contributed by atoms with Gasteiger partial charge in [0.2, 0.25) is 0 Å². The Labute approximate surface area is 31.6 Å². The van der Waals surface area contributed by atoms with Crippen LogP contribution in [0.2, 0.25) is 0 Å². The zero-order valence-corrected chi connectivity index (χ0v) is 3.08. The van der Waals surface area contributed by atoms with Crippen LogP contribution in [-0.2, 0) is 0 Å². The molecule has 0 rings (SSSR count). The normalized spacial score (nSPS) is 2.00. The van der Waals surface area contributed by atoms with Gasteiger partial charge in [-0.05, 0) is 0 Å². The van der Waals surface area contributed by atoms with E-state index in [2.05, 4.69) is 0 Å². The van der Waals surface area contributed by atoms with Gasteiger partial charge in [0.05, 0.1) is 6.07 Å². The van der Waals surface area contributed by atoms with Gasteiger partial charge in [0, 0.05) is 6.92 Å². The van der Waals surface area contributed by atoms with E-state index in [1.807, 2.05) is 0 Å². The van der Waals surface area contributed by atoms with Crippen LogP contribution in [0.5, 0.6) is 0 Å². The maximum absolute atomic E-state index is 7.32. The summed E-state index contributed by atoms with van der Waals surface area (Å²) in [6.45, 7) is 1.43. The lowest BCUT2D eigenvalue weighted by atomic mass is 11.0. The number of nitriles is 1. The van der Waals surface area contributed by atoms with Gasteiger partial charge in [-0.25, -0.2) is 0 Å². The van der Waals surface area contributed by atoms with Gasteiger partial charge in [-0.1, -0.05) is 0 Å². The molecule has 0 heterocycles. The van der Waals surface area contributed by atoms with Crippen molar-refractivity contribution in [3.63, 3.8) is 0 Å². The molecular formula is C2H3ClN-. The van der Waals surface area contributed by atoms with Crippen molar-refractivity contribution in [1.82, 2.24) is 0 Å². The predicted octanol–water partition coefficient (Wildman–Crippen LogP) is -2.47. The van der Waals surface area contributed by atoms with E-state index in [-0.39, 0.29) is 12.4 Å². The Morgan fingerprint density at radius 2 is 1.75 bits per heavy atom. The molecular weight excluding hydrogens is 73.5 g/mol. The summed E-state index contributed by atoms with van der Waals surface area (Å²) in [5.74, 6) is 0. The zero-order valence-electron chi connectivity index (χ0n) is 2.33. The summed E-state index contributed by atoms with van der Waals surface area (Å²) in [5.41, 5.74) is 0. The standard InChI is InChI=1S/C2H3N.ClH/c1-2-3;/h1H3;1H/p-1. The minimum atomic E-state index is 0. The first-order chi connectivity index (χ1) is 1.41. The molecule has 0 saturated carbocycles. The molecule has 0 spiro atoms. The third kappa shape index (κ3) is 22.4. The lowest BCUT2D eigenvalue weighted by molar-refractivity contribution is -0.00000100. The van der Waals surface area contributed by atoms with Gasteiger partial charge >= 0.3 is 0 Å². The third-order valence-electron chi connectivity index (χ3n) is 0. The van der Waals surface area contributed by atoms with Gasteiger partial charge in [-0.3, -0.25) is 0 Å². The predicted molar refractivity (Wildman–Crippen MR) is 11.3 cm³/mol. The Hall–Kier alpha value is -0.220. The first-order valence-corrected chi connectivity index (χ1v) is 0.724. The van der Waals surface area contributed by atoms with Crippen LogP contribution in [0.4, 0.5) is 0 Å². The minimum absolute atomic E-state index is 0. The maximum atomic E-state index is 7.32. The molecule has 0 saturated heterocycles. The Bertz CT molecular complexity index is 27.5. The summed E-state index contributed by atoms with van der Waals surface area (Å²) in [4.78, 5) is 0. The highest BCUT2D eigenvalue weighted by Gasteiger charge is 1.17. The van der Waals surface area contributed by atoms with E-state index in [1.165, 1.54) is 6.92 Å². The molecule has 24 valence electrons. The Morgan fingerprint density at radius 1 is 1.75 bits per heavy atom. The highest BCUT2D eigenvalue weighted by molar-refractivity contribution is 4.51. The van der Waals surface area contributed by atoms with Crippen molar-refractivity contribution >= 4 is 0 Å². The quantitative estimate of drug-likeness (QED) is 0.314. The molecule has 1 nitrogen and oxygen atoms in total. The molecule has 0 fully saturated rings. The molecule has 0 atom stereocenters. The van der Waals surface area contributed by atoms with Crippen molar-refractivity contribution in [2.24, 2.45) is 0 Å². The van der Waals surface area contributed by atoms with Gasteiger partial charge in [0.1, 0.15) is 0 Å². The average molecular weight is 76.5 g/mol. The first kappa shape index (κ1) is 9.22. The van der Waals surface area contributed by atoms with Gasteiger partial charge in [-0.15, -0.1) is 0 Å². The second-order valence-corrected chi connectivity index (χ2v) is 0.224. The zero-order chi connectivity index (χ0) is 2.71. The van der Waals surface area contributed by atoms with Crippen molar-refractivity contribution in [2.75, 3.05) is 0 Å². The van der Waals surface area contributed by atoms with Crippen LogP contribution in [0.25, 0.3) is 0 Å². The molecule has 0 radical (unpaired) electrons. The van der Waals surface area contributed by atoms with Crippen molar-refractivity contribution < 1.29 is 12.4 Å². The van der Waals surface area contributed by atoms with E-state index < -0.39 is 0 Å². The summed E-state index contributed by atoms with van der Waals surface area (Å²) in [7, 11) is 0. The number of hydrogen-bond donors (Lipinski definition) is 0. The molecule has 0 bridgehead atoms. The van der Waals surface area contributed by atoms with Gasteiger partial charge < -0.3 is 12.4 Å². The number of nitrogens with zero attached hydrogens (tertiary/aromatic N) is 1. The molecule has 0 amide bonds. The van der Waals surface area contributed by atoms with Crippen LogP contribution in [0.15, 0.2) is 0 Å². The maximum Gasteiger partial charge on any atom is 0.0587 e. The van der Waals surface area contributed by atoms with Crippen molar-refractivity contribution in [3.8, 4) is 6.07 Å². The van der Waals surface area contributed by atoms with Crippen LogP contribution >= 0.6 is 0 Å². The van der Waals surface area contributed by atoms with Crippen LogP contribution in [0.3, 0.4) is 0 Å². The number of halogens is 1. The van der Waals surface area contributed by atoms with E-state index in [1.54, 1.807) is 6.07 Å². The van der Waals surface area contributed by atoms with Crippen LogP contribution in [-0.4, -0.2) is 0 Å². The molecule has 0 aliphatic heterocycles. The lowest BCUT2D eigenvalue weighted by Gasteiger charge is -1.15. The molecule has 2 heteroatoms. The summed E-state index contributed by atoms with van der Waals surface area (Å²) in [6.07, 6.45) is 0. The van der Waals surface area contributed by atoms with Gasteiger partial charge in [0.25, 0.3) is 0 Å². The molecule has 0 aromatic heterocycles. The van der Waals surface area contributed by atoms with E-state index in [0.29, 0.717) is 0 Å². The fourth-order valence-corrected chi connectivity index (χ4v) is 0. The Kier molecular flexibility index (Phi) is 33.4. The Morgan fingerprint density at radius 3 is 1.75 bits per heavy atom. The summed E-state index contributed by atoms with van der Waals surface area (Å²) in [6, 6.07) is 1.75. The van der Waals surface area contributed by atoms with E-state index in [0.717, 1.165) is 0 Å². The highest BCUT2D eigenvalue weighted by atomic mass is 35.5. The van der Waals surface area contributed by atoms with Crippen LogP contribution in [0.1, 0.15) is 6.92 Å². The molecule has 0 aliphatic rings. The van der Waals surface area contributed by atoms with Crippen molar-refractivity contribution in [2.45, 2.75) is 6.92 Å². The van der Waals surface area contributed by atoms with E-state index >= 15 is 0 Å². The molecule has 0 aliphatic carbocycles. The van der Waals surface area contributed by atoms with Gasteiger partial charge in [-0.2, -0.15) is 5.26 Å². The third-order valence-corrected chi connectivity index (χ3v) is 0. The van der Waals surface area contributed by atoms with Crippen LogP contribution < -0.4 is 12.4 Å². The fourth-order valence-electron chi connectivity index (χ4n) is 0. The van der Waals surface area contributed by atoms with Crippen molar-refractivity contribution in [1.29, 1.82) is 5.26 Å². The largest absolute Gasteiger partial charge is 1.00 e. The smallest absolute Gasteiger partial charge is 0.0587 e. The van der Waals surface area contributed by atoms with Crippen LogP contribution in [0, 0.1) is 11.3 Å². The molecule has 0 unspecified atom stereocenters. The second-order valence-electron chi connectivity index (χ2n) is 0.224. The van der Waals surface area contributed by atoms with E-state index in [9.17, 15) is 0 Å². The molecule has 4 heavy (non-hydrogen) atoms. The number of hydrogen-bond acceptors (Lipinski definition) is 1. The van der Waals surface area contributed by atoms with Crippen molar-refractivity contribution in [3.05, 3.63) is 0 Å². The highest BCUT2D eigenvalue weighted by Crippen LogP contribution is 1.21. The number of rotatable bonds is 0. The molecule has 0 aromatic rings. The monoisotopic (exact) mass is 76.0 g/mol. The second kappa shape index (κ2) is 14.5. The van der Waals surface area contributed by atoms with E-state index in [4.69, 9.17) is 5.26 Å². The minimum Gasteiger partial charge on any atom is -1.00 e. The van der Waals surface area contributed by atoms with Gasteiger partial charge in [0.15, 0.2) is 0 Å². The average Bonchev–Trinajstić information content (AvgIpc) is 0.918. The molecule has 0 N–H and O–H groups in total. The summed E-state index contributed by atoms with van der Waals surface area (Å²) < 4.78 is 0.